The molecule has 0 radical (unpaired) electrons. The zero-order chi connectivity index (χ0) is 20.3. The fourth-order valence-electron chi connectivity index (χ4n) is 3.69. The summed E-state index contributed by atoms with van der Waals surface area (Å²) < 4.78 is 0. The molecular formula is C20H25N3O5. The van der Waals surface area contributed by atoms with Gasteiger partial charge in [-0.3, -0.25) is 19.3 Å². The molecule has 0 saturated carbocycles. The van der Waals surface area contributed by atoms with Crippen molar-refractivity contribution in [3.05, 3.63) is 35.4 Å². The number of amides is 4. The van der Waals surface area contributed by atoms with E-state index in [1.165, 1.54) is 11.8 Å². The number of aliphatic carboxylic acids is 1. The number of carboxylic acids is 1. The van der Waals surface area contributed by atoms with Crippen LogP contribution in [0.15, 0.2) is 24.3 Å². The summed E-state index contributed by atoms with van der Waals surface area (Å²) in [6.07, 6.45) is 2.65. The minimum Gasteiger partial charge on any atom is -0.480 e. The third-order valence-corrected chi connectivity index (χ3v) is 5.31. The van der Waals surface area contributed by atoms with Crippen LogP contribution >= 0.6 is 0 Å². The summed E-state index contributed by atoms with van der Waals surface area (Å²) in [5, 5.41) is 11.2. The summed E-state index contributed by atoms with van der Waals surface area (Å²) >= 11 is 0. The maximum absolute atomic E-state index is 12.7. The Morgan fingerprint density at radius 1 is 1.18 bits per heavy atom. The van der Waals surface area contributed by atoms with Crippen molar-refractivity contribution in [2.45, 2.75) is 57.7 Å². The molecule has 2 aliphatic heterocycles. The summed E-state index contributed by atoms with van der Waals surface area (Å²) in [5.74, 6) is -1.52. The van der Waals surface area contributed by atoms with Gasteiger partial charge in [-0.2, -0.15) is 0 Å². The second-order valence-electron chi connectivity index (χ2n) is 7.33. The van der Waals surface area contributed by atoms with E-state index in [0.29, 0.717) is 38.8 Å². The average molecular weight is 387 g/mol. The number of carboxylic acid groups (broad SMARTS) is 1. The van der Waals surface area contributed by atoms with Crippen LogP contribution in [0, 0.1) is 0 Å². The first kappa shape index (κ1) is 19.9. The SMILES string of the molecule is C[C@@H](NC(=O)CCCCCN1C(=O)[C@@H]2Cc3ccccc3CN2C1=O)C(=O)O. The van der Waals surface area contributed by atoms with Crippen molar-refractivity contribution in [1.82, 2.24) is 15.1 Å². The number of hydrogen-bond acceptors (Lipinski definition) is 4. The van der Waals surface area contributed by atoms with Gasteiger partial charge in [0, 0.05) is 25.9 Å². The van der Waals surface area contributed by atoms with E-state index < -0.39 is 18.1 Å². The summed E-state index contributed by atoms with van der Waals surface area (Å²) in [4.78, 5) is 50.6. The number of nitrogens with zero attached hydrogens (tertiary/aromatic N) is 2. The van der Waals surface area contributed by atoms with E-state index in [9.17, 15) is 19.2 Å². The number of nitrogens with one attached hydrogen (secondary N) is 1. The molecule has 0 bridgehead atoms. The molecule has 0 spiro atoms. The van der Waals surface area contributed by atoms with Crippen LogP contribution in [0.5, 0.6) is 0 Å². The van der Waals surface area contributed by atoms with Gasteiger partial charge in [0.1, 0.15) is 12.1 Å². The largest absolute Gasteiger partial charge is 0.480 e. The highest BCUT2D eigenvalue weighted by Crippen LogP contribution is 2.30. The van der Waals surface area contributed by atoms with E-state index in [1.54, 1.807) is 4.90 Å². The van der Waals surface area contributed by atoms with Crippen molar-refractivity contribution in [1.29, 1.82) is 0 Å². The predicted molar refractivity (Wildman–Crippen MR) is 100 cm³/mol. The Labute approximate surface area is 163 Å². The molecular weight excluding hydrogens is 362 g/mol. The lowest BCUT2D eigenvalue weighted by Crippen LogP contribution is -2.39. The molecule has 0 aromatic heterocycles. The van der Waals surface area contributed by atoms with Gasteiger partial charge < -0.3 is 15.3 Å². The van der Waals surface area contributed by atoms with E-state index in [4.69, 9.17) is 5.11 Å². The van der Waals surface area contributed by atoms with Crippen LogP contribution in [0.3, 0.4) is 0 Å². The predicted octanol–water partition coefficient (Wildman–Crippen LogP) is 1.53. The Bertz CT molecular complexity index is 751. The lowest BCUT2D eigenvalue weighted by Gasteiger charge is -2.28. The third kappa shape index (κ3) is 4.16. The number of rotatable bonds is 8. The number of unbranched alkanes of at least 4 members (excludes halogenated alkanes) is 2. The van der Waals surface area contributed by atoms with Gasteiger partial charge in [-0.1, -0.05) is 30.7 Å². The molecule has 2 aliphatic rings. The molecule has 1 aromatic carbocycles. The summed E-state index contributed by atoms with van der Waals surface area (Å²) in [6.45, 7) is 2.22. The van der Waals surface area contributed by atoms with Gasteiger partial charge in [0.2, 0.25) is 5.91 Å². The smallest absolute Gasteiger partial charge is 0.327 e. The van der Waals surface area contributed by atoms with Gasteiger partial charge in [0.25, 0.3) is 5.91 Å². The van der Waals surface area contributed by atoms with E-state index in [0.717, 1.165) is 11.1 Å². The van der Waals surface area contributed by atoms with E-state index in [-0.39, 0.29) is 24.3 Å². The standard InChI is InChI=1S/C20H25N3O5/c1-13(19(26)27)21-17(24)9-3-2-6-10-22-18(25)16-11-14-7-4-5-8-15(14)12-23(16)20(22)28/h4-5,7-8,13,16H,2-3,6,9-12H2,1H3,(H,21,24)(H,26,27)/t13-,16+/m1/s1. The topological polar surface area (TPSA) is 107 Å². The molecule has 3 rings (SSSR count). The molecule has 1 fully saturated rings. The minimum atomic E-state index is -1.07. The van der Waals surface area contributed by atoms with Gasteiger partial charge >= 0.3 is 12.0 Å². The van der Waals surface area contributed by atoms with Crippen molar-refractivity contribution in [3.63, 3.8) is 0 Å². The second kappa shape index (κ2) is 8.41. The van der Waals surface area contributed by atoms with Gasteiger partial charge in [-0.05, 0) is 30.9 Å². The normalized spacial score (nSPS) is 19.2. The Morgan fingerprint density at radius 3 is 2.61 bits per heavy atom. The Morgan fingerprint density at radius 2 is 1.89 bits per heavy atom. The van der Waals surface area contributed by atoms with Crippen LogP contribution in [0.4, 0.5) is 4.79 Å². The molecule has 2 atom stereocenters. The van der Waals surface area contributed by atoms with Crippen LogP contribution in [-0.2, 0) is 27.3 Å². The summed E-state index contributed by atoms with van der Waals surface area (Å²) in [5.41, 5.74) is 2.21. The number of urea groups is 1. The van der Waals surface area contributed by atoms with E-state index in [2.05, 4.69) is 5.32 Å². The first-order valence-electron chi connectivity index (χ1n) is 9.59. The van der Waals surface area contributed by atoms with Crippen LogP contribution < -0.4 is 5.32 Å². The van der Waals surface area contributed by atoms with Gasteiger partial charge in [-0.25, -0.2) is 4.79 Å². The molecule has 8 nitrogen and oxygen atoms in total. The number of imide groups is 1. The molecule has 2 N–H and O–H groups in total. The maximum Gasteiger partial charge on any atom is 0.327 e. The molecule has 4 amide bonds. The summed E-state index contributed by atoms with van der Waals surface area (Å²) in [6, 6.07) is 6.32. The number of benzene rings is 1. The zero-order valence-corrected chi connectivity index (χ0v) is 15.9. The van der Waals surface area contributed by atoms with Crippen molar-refractivity contribution < 1.29 is 24.3 Å². The number of carbonyl (C=O) groups is 4. The lowest BCUT2D eigenvalue weighted by atomic mass is 9.95. The molecule has 150 valence electrons. The van der Waals surface area contributed by atoms with Gasteiger partial charge in [-0.15, -0.1) is 0 Å². The molecule has 8 heteroatoms. The highest BCUT2D eigenvalue weighted by atomic mass is 16.4. The fourth-order valence-corrected chi connectivity index (χ4v) is 3.69. The van der Waals surface area contributed by atoms with E-state index >= 15 is 0 Å². The van der Waals surface area contributed by atoms with Gasteiger partial charge in [0.05, 0.1) is 0 Å². The first-order chi connectivity index (χ1) is 13.4. The summed E-state index contributed by atoms with van der Waals surface area (Å²) in [7, 11) is 0. The number of hydrogen-bond donors (Lipinski definition) is 2. The van der Waals surface area contributed by atoms with Crippen LogP contribution in [0.25, 0.3) is 0 Å². The molecule has 1 aromatic rings. The lowest BCUT2D eigenvalue weighted by molar-refractivity contribution is -0.141. The first-order valence-corrected chi connectivity index (χ1v) is 9.59. The zero-order valence-electron chi connectivity index (χ0n) is 15.9. The number of carbonyl (C=O) groups excluding carboxylic acids is 3. The van der Waals surface area contributed by atoms with Crippen LogP contribution in [-0.4, -0.2) is 57.3 Å². The third-order valence-electron chi connectivity index (χ3n) is 5.31. The molecule has 2 heterocycles. The monoisotopic (exact) mass is 387 g/mol. The molecule has 1 saturated heterocycles. The van der Waals surface area contributed by atoms with Crippen LogP contribution in [0.1, 0.15) is 43.7 Å². The van der Waals surface area contributed by atoms with Crippen molar-refractivity contribution in [2.24, 2.45) is 0 Å². The average Bonchev–Trinajstić information content (AvgIpc) is 2.90. The molecule has 0 aliphatic carbocycles. The fraction of sp³-hybridized carbons (Fsp3) is 0.500. The highest BCUT2D eigenvalue weighted by molar-refractivity contribution is 6.04. The molecule has 28 heavy (non-hydrogen) atoms. The van der Waals surface area contributed by atoms with Gasteiger partial charge in [0.15, 0.2) is 0 Å². The van der Waals surface area contributed by atoms with Crippen molar-refractivity contribution in [2.75, 3.05) is 6.54 Å². The molecule has 0 unspecified atom stereocenters. The number of fused-ring (bicyclic) bond motifs is 2. The maximum atomic E-state index is 12.7. The minimum absolute atomic E-state index is 0.146. The van der Waals surface area contributed by atoms with E-state index in [1.807, 2.05) is 24.3 Å². The van der Waals surface area contributed by atoms with Crippen molar-refractivity contribution >= 4 is 23.8 Å². The van der Waals surface area contributed by atoms with Crippen molar-refractivity contribution in [3.8, 4) is 0 Å². The second-order valence-corrected chi connectivity index (χ2v) is 7.33. The Balaban J connectivity index is 1.44. The highest BCUT2D eigenvalue weighted by Gasteiger charge is 2.46. The Hall–Kier alpha value is -2.90. The quantitative estimate of drug-likeness (QED) is 0.520. The van der Waals surface area contributed by atoms with Crippen LogP contribution in [0.2, 0.25) is 0 Å². The Kier molecular flexibility index (Phi) is 5.96.